The van der Waals surface area contributed by atoms with Gasteiger partial charge in [-0.3, -0.25) is 9.59 Å². The van der Waals surface area contributed by atoms with Crippen LogP contribution >= 0.6 is 0 Å². The van der Waals surface area contributed by atoms with Crippen LogP contribution in [-0.4, -0.2) is 18.0 Å². The maximum Gasteiger partial charge on any atom is 0.519 e. The van der Waals surface area contributed by atoms with Crippen LogP contribution in [0, 0.1) is 0 Å². The van der Waals surface area contributed by atoms with E-state index in [1.807, 2.05) is 0 Å². The fourth-order valence-corrected chi connectivity index (χ4v) is 1.59. The van der Waals surface area contributed by atoms with E-state index in [-0.39, 0.29) is 11.5 Å². The Morgan fingerprint density at radius 1 is 0.636 bits per heavy atom. The second-order valence-corrected chi connectivity index (χ2v) is 4.23. The number of hydrogen-bond donors (Lipinski definition) is 2. The van der Waals surface area contributed by atoms with Gasteiger partial charge in [0, 0.05) is 11.1 Å². The van der Waals surface area contributed by atoms with Crippen LogP contribution in [0.4, 0.5) is 4.79 Å². The Hall–Kier alpha value is -3.35. The molecule has 0 saturated carbocycles. The highest BCUT2D eigenvalue weighted by molar-refractivity contribution is 5.93. The van der Waals surface area contributed by atoms with E-state index < -0.39 is 18.0 Å². The molecule has 0 aliphatic carbocycles. The molecule has 0 fully saturated rings. The first-order valence-corrected chi connectivity index (χ1v) is 6.15. The van der Waals surface area contributed by atoms with Crippen molar-refractivity contribution in [3.05, 3.63) is 59.7 Å². The van der Waals surface area contributed by atoms with Gasteiger partial charge in [-0.15, -0.1) is 0 Å². The summed E-state index contributed by atoms with van der Waals surface area (Å²) < 4.78 is 9.85. The van der Waals surface area contributed by atoms with Crippen molar-refractivity contribution in [2.75, 3.05) is 0 Å². The summed E-state index contributed by atoms with van der Waals surface area (Å²) in [5.74, 6) is -0.764. The van der Waals surface area contributed by atoms with E-state index in [9.17, 15) is 14.4 Å². The highest BCUT2D eigenvalue weighted by Gasteiger charge is 2.09. The van der Waals surface area contributed by atoms with E-state index in [0.29, 0.717) is 11.1 Å². The molecule has 0 atom stereocenters. The van der Waals surface area contributed by atoms with Gasteiger partial charge in [0.1, 0.15) is 11.5 Å². The van der Waals surface area contributed by atoms with Crippen molar-refractivity contribution in [2.45, 2.75) is 0 Å². The van der Waals surface area contributed by atoms with Crippen molar-refractivity contribution in [3.8, 4) is 11.5 Å². The van der Waals surface area contributed by atoms with Crippen molar-refractivity contribution in [1.29, 1.82) is 0 Å². The van der Waals surface area contributed by atoms with Crippen LogP contribution < -0.4 is 20.9 Å². The minimum atomic E-state index is -0.960. The van der Waals surface area contributed by atoms with Crippen LogP contribution in [0.1, 0.15) is 20.7 Å². The van der Waals surface area contributed by atoms with Crippen molar-refractivity contribution in [1.82, 2.24) is 0 Å². The van der Waals surface area contributed by atoms with Crippen LogP contribution in [0.25, 0.3) is 0 Å². The zero-order valence-electron chi connectivity index (χ0n) is 11.3. The number of benzene rings is 2. The number of amides is 2. The number of ether oxygens (including phenoxy) is 2. The van der Waals surface area contributed by atoms with Gasteiger partial charge in [-0.05, 0) is 48.5 Å². The summed E-state index contributed by atoms with van der Waals surface area (Å²) in [6, 6.07) is 11.3. The first-order valence-electron chi connectivity index (χ1n) is 6.15. The molecular formula is C15H12N2O5. The topological polar surface area (TPSA) is 122 Å². The molecule has 0 radical (unpaired) electrons. The summed E-state index contributed by atoms with van der Waals surface area (Å²) >= 11 is 0. The van der Waals surface area contributed by atoms with Crippen molar-refractivity contribution in [2.24, 2.45) is 11.5 Å². The molecule has 2 aromatic carbocycles. The van der Waals surface area contributed by atoms with E-state index in [4.69, 9.17) is 20.9 Å². The molecule has 4 N–H and O–H groups in total. The fraction of sp³-hybridized carbons (Fsp3) is 0. The number of hydrogen-bond acceptors (Lipinski definition) is 5. The maximum atomic E-state index is 11.6. The summed E-state index contributed by atoms with van der Waals surface area (Å²) in [4.78, 5) is 33.4. The number of primary amides is 2. The number of carbonyl (C=O) groups is 3. The Bertz CT molecular complexity index is 646. The van der Waals surface area contributed by atoms with Crippen molar-refractivity contribution >= 4 is 18.0 Å². The third-order valence-electron chi connectivity index (χ3n) is 2.68. The number of rotatable bonds is 4. The van der Waals surface area contributed by atoms with Crippen molar-refractivity contribution < 1.29 is 23.9 Å². The normalized spacial score (nSPS) is 9.82. The molecule has 0 bridgehead atoms. The van der Waals surface area contributed by atoms with Gasteiger partial charge < -0.3 is 20.9 Å². The van der Waals surface area contributed by atoms with Gasteiger partial charge in [0.2, 0.25) is 11.8 Å². The highest BCUT2D eigenvalue weighted by atomic mass is 16.7. The van der Waals surface area contributed by atoms with Gasteiger partial charge in [-0.2, -0.15) is 0 Å². The summed E-state index contributed by atoms with van der Waals surface area (Å²) in [6.45, 7) is 0. The zero-order valence-corrected chi connectivity index (χ0v) is 11.3. The van der Waals surface area contributed by atoms with Gasteiger partial charge in [-0.1, -0.05) is 0 Å². The fourth-order valence-electron chi connectivity index (χ4n) is 1.59. The van der Waals surface area contributed by atoms with Gasteiger partial charge in [0.15, 0.2) is 0 Å². The molecule has 7 nitrogen and oxygen atoms in total. The second-order valence-electron chi connectivity index (χ2n) is 4.23. The predicted molar refractivity (Wildman–Crippen MR) is 76.6 cm³/mol. The lowest BCUT2D eigenvalue weighted by Gasteiger charge is -2.06. The molecule has 0 aromatic heterocycles. The predicted octanol–water partition coefficient (Wildman–Crippen LogP) is 1.46. The lowest BCUT2D eigenvalue weighted by molar-refractivity contribution is 0.0992. The minimum absolute atomic E-state index is 0.198. The Balaban J connectivity index is 1.97. The molecule has 0 aliphatic rings. The standard InChI is InChI=1S/C15H12N2O5/c16-13(18)9-1-5-11(6-2-9)21-15(20)22-12-7-3-10(4-8-12)14(17)19/h1-8H,(H2,16,18)(H2,17,19). The molecule has 2 aromatic rings. The van der Waals surface area contributed by atoms with E-state index in [2.05, 4.69) is 0 Å². The van der Waals surface area contributed by atoms with Crippen LogP contribution in [0.15, 0.2) is 48.5 Å². The summed E-state index contributed by atoms with van der Waals surface area (Å²) in [5, 5.41) is 0. The average Bonchev–Trinajstić information content (AvgIpc) is 2.48. The molecule has 0 spiro atoms. The van der Waals surface area contributed by atoms with Gasteiger partial charge in [-0.25, -0.2) is 4.79 Å². The molecule has 0 unspecified atom stereocenters. The largest absolute Gasteiger partial charge is 0.519 e. The molecule has 22 heavy (non-hydrogen) atoms. The zero-order chi connectivity index (χ0) is 16.1. The first kappa shape index (κ1) is 15.0. The number of carbonyl (C=O) groups excluding carboxylic acids is 3. The van der Waals surface area contributed by atoms with Gasteiger partial charge >= 0.3 is 6.16 Å². The Kier molecular flexibility index (Phi) is 4.38. The smallest absolute Gasteiger partial charge is 0.395 e. The van der Waals surface area contributed by atoms with Crippen LogP contribution in [0.3, 0.4) is 0 Å². The number of nitrogens with two attached hydrogens (primary N) is 2. The molecule has 0 saturated heterocycles. The third kappa shape index (κ3) is 3.83. The van der Waals surface area contributed by atoms with Gasteiger partial charge in [0.25, 0.3) is 0 Å². The van der Waals surface area contributed by atoms with Crippen molar-refractivity contribution in [3.63, 3.8) is 0 Å². The first-order chi connectivity index (χ1) is 10.5. The van der Waals surface area contributed by atoms with E-state index in [1.165, 1.54) is 48.5 Å². The monoisotopic (exact) mass is 300 g/mol. The molecule has 0 heterocycles. The van der Waals surface area contributed by atoms with Crippen LogP contribution in [0.2, 0.25) is 0 Å². The molecular weight excluding hydrogens is 288 g/mol. The lowest BCUT2D eigenvalue weighted by atomic mass is 10.2. The van der Waals surface area contributed by atoms with Crippen LogP contribution in [-0.2, 0) is 0 Å². The maximum absolute atomic E-state index is 11.6. The second kappa shape index (κ2) is 6.40. The van der Waals surface area contributed by atoms with E-state index >= 15 is 0 Å². The summed E-state index contributed by atoms with van der Waals surface area (Å²) in [7, 11) is 0. The Morgan fingerprint density at radius 2 is 0.955 bits per heavy atom. The molecule has 112 valence electrons. The molecule has 0 aliphatic heterocycles. The Labute approximate surface area is 125 Å². The summed E-state index contributed by atoms with van der Waals surface area (Å²) in [6.07, 6.45) is -0.960. The molecule has 2 rings (SSSR count). The Morgan fingerprint density at radius 3 is 1.23 bits per heavy atom. The lowest BCUT2D eigenvalue weighted by Crippen LogP contribution is -2.15. The highest BCUT2D eigenvalue weighted by Crippen LogP contribution is 2.16. The average molecular weight is 300 g/mol. The third-order valence-corrected chi connectivity index (χ3v) is 2.68. The summed E-state index contributed by atoms with van der Waals surface area (Å²) in [5.41, 5.74) is 10.8. The minimum Gasteiger partial charge on any atom is -0.395 e. The van der Waals surface area contributed by atoms with E-state index in [0.717, 1.165) is 0 Å². The molecule has 7 heteroatoms. The van der Waals surface area contributed by atoms with Gasteiger partial charge in [0.05, 0.1) is 0 Å². The quantitative estimate of drug-likeness (QED) is 0.654. The van der Waals surface area contributed by atoms with E-state index in [1.54, 1.807) is 0 Å². The SMILES string of the molecule is NC(=O)c1ccc(OC(=O)Oc2ccc(C(N)=O)cc2)cc1. The molecule has 2 amide bonds. The van der Waals surface area contributed by atoms with Crippen LogP contribution in [0.5, 0.6) is 11.5 Å².